The van der Waals surface area contributed by atoms with Crippen LogP contribution in [-0.4, -0.2) is 53.6 Å². The predicted octanol–water partition coefficient (Wildman–Crippen LogP) is 3.57. The summed E-state index contributed by atoms with van der Waals surface area (Å²) in [7, 11) is 1.55. The highest BCUT2D eigenvalue weighted by molar-refractivity contribution is 7.15. The second-order valence-electron chi connectivity index (χ2n) is 8.81. The maximum absolute atomic E-state index is 13.4. The number of amides is 2. The largest absolute Gasteiger partial charge is 0.496 e. The van der Waals surface area contributed by atoms with Crippen LogP contribution in [0.15, 0.2) is 30.5 Å². The lowest BCUT2D eigenvalue weighted by molar-refractivity contribution is -0.136. The summed E-state index contributed by atoms with van der Waals surface area (Å²) >= 11 is 1.38. The molecule has 1 saturated heterocycles. The maximum atomic E-state index is 13.4. The summed E-state index contributed by atoms with van der Waals surface area (Å²) in [4.78, 5) is 38.0. The molecule has 0 bridgehead atoms. The molecule has 36 heavy (non-hydrogen) atoms. The van der Waals surface area contributed by atoms with Crippen molar-refractivity contribution >= 4 is 28.3 Å². The minimum Gasteiger partial charge on any atom is -0.496 e. The van der Waals surface area contributed by atoms with Gasteiger partial charge in [-0.1, -0.05) is 11.3 Å². The quantitative estimate of drug-likeness (QED) is 0.566. The van der Waals surface area contributed by atoms with Crippen molar-refractivity contribution in [3.05, 3.63) is 57.9 Å². The number of carbonyl (C=O) groups excluding carboxylic acids is 2. The molecule has 2 aliphatic heterocycles. The fraction of sp³-hybridized carbons (Fsp3) is 0.346. The van der Waals surface area contributed by atoms with E-state index < -0.39 is 0 Å². The molecule has 184 valence electrons. The zero-order valence-corrected chi connectivity index (χ0v) is 20.9. The average Bonchev–Trinajstić information content (AvgIpc) is 3.57. The molecule has 3 aromatic rings. The zero-order chi connectivity index (χ0) is 25.2. The molecule has 4 heterocycles. The second-order valence-corrected chi connectivity index (χ2v) is 9.90. The first-order chi connectivity index (χ1) is 17.5. The van der Waals surface area contributed by atoms with Crippen LogP contribution in [0.5, 0.6) is 5.75 Å². The molecule has 2 aromatic heterocycles. The Hall–Kier alpha value is -3.81. The van der Waals surface area contributed by atoms with Gasteiger partial charge in [-0.05, 0) is 37.6 Å². The van der Waals surface area contributed by atoms with Gasteiger partial charge in [-0.3, -0.25) is 19.9 Å². The SMILES string of the molecule is COc1ccc(C#N)cc1-c1cc(C)ncc1C(=O)Nc1nc2c(s1)CN(C(=O)C1CCOC1)CC2. The number of rotatable bonds is 5. The molecule has 2 amide bonds. The Morgan fingerprint density at radius 3 is 2.92 bits per heavy atom. The van der Waals surface area contributed by atoms with Gasteiger partial charge < -0.3 is 14.4 Å². The summed E-state index contributed by atoms with van der Waals surface area (Å²) in [5.74, 6) is 0.253. The Bertz CT molecular complexity index is 1370. The zero-order valence-electron chi connectivity index (χ0n) is 20.0. The number of aryl methyl sites for hydroxylation is 1. The summed E-state index contributed by atoms with van der Waals surface area (Å²) < 4.78 is 10.9. The number of ether oxygens (including phenoxy) is 2. The third kappa shape index (κ3) is 4.67. The number of thiazole rings is 1. The van der Waals surface area contributed by atoms with Crippen molar-refractivity contribution in [2.24, 2.45) is 5.92 Å². The highest BCUT2D eigenvalue weighted by Crippen LogP contribution is 2.35. The number of nitriles is 1. The third-order valence-corrected chi connectivity index (χ3v) is 7.44. The van der Waals surface area contributed by atoms with Crippen molar-refractivity contribution in [2.45, 2.75) is 26.3 Å². The summed E-state index contributed by atoms with van der Waals surface area (Å²) in [6.07, 6.45) is 2.94. The topological polar surface area (TPSA) is 117 Å². The average molecular weight is 504 g/mol. The number of hydrogen-bond acceptors (Lipinski definition) is 8. The van der Waals surface area contributed by atoms with Crippen molar-refractivity contribution in [3.63, 3.8) is 0 Å². The Balaban J connectivity index is 1.39. The number of carbonyl (C=O) groups is 2. The normalized spacial score (nSPS) is 16.8. The van der Waals surface area contributed by atoms with Crippen molar-refractivity contribution in [1.29, 1.82) is 5.26 Å². The molecule has 1 fully saturated rings. The summed E-state index contributed by atoms with van der Waals surface area (Å²) in [6, 6.07) is 9.02. The van der Waals surface area contributed by atoms with Gasteiger partial charge in [0.15, 0.2) is 5.13 Å². The molecule has 0 saturated carbocycles. The summed E-state index contributed by atoms with van der Waals surface area (Å²) in [6.45, 7) is 4.07. The third-order valence-electron chi connectivity index (χ3n) is 6.45. The number of anilines is 1. The molecule has 2 aliphatic rings. The van der Waals surface area contributed by atoms with E-state index in [1.54, 1.807) is 31.4 Å². The smallest absolute Gasteiger partial charge is 0.259 e. The number of aromatic nitrogens is 2. The second kappa shape index (κ2) is 10.0. The van der Waals surface area contributed by atoms with Crippen LogP contribution in [0, 0.1) is 24.2 Å². The first-order valence-electron chi connectivity index (χ1n) is 11.7. The molecule has 0 aliphatic carbocycles. The number of nitrogens with one attached hydrogen (secondary N) is 1. The Labute approximate surface area is 212 Å². The molecule has 1 unspecified atom stereocenters. The molecule has 0 spiro atoms. The minimum atomic E-state index is -0.357. The Kier molecular flexibility index (Phi) is 6.67. The standard InChI is InChI=1S/C26H25N5O4S/c1-15-9-18(19-10-16(11-27)3-4-22(19)34-2)20(12-28-15)24(32)30-26-29-21-5-7-31(13-23(21)36-26)25(33)17-6-8-35-14-17/h3-4,9-10,12,17H,5-8,13-14H2,1-2H3,(H,29,30,32). The lowest BCUT2D eigenvalue weighted by Gasteiger charge is -2.28. The van der Waals surface area contributed by atoms with E-state index in [2.05, 4.69) is 21.4 Å². The van der Waals surface area contributed by atoms with E-state index in [1.807, 2.05) is 11.8 Å². The molecule has 1 atom stereocenters. The van der Waals surface area contributed by atoms with Gasteiger partial charge >= 0.3 is 0 Å². The Morgan fingerprint density at radius 2 is 2.17 bits per heavy atom. The van der Waals surface area contributed by atoms with E-state index in [4.69, 9.17) is 9.47 Å². The van der Waals surface area contributed by atoms with Crippen molar-refractivity contribution in [3.8, 4) is 22.9 Å². The predicted molar refractivity (Wildman–Crippen MR) is 134 cm³/mol. The van der Waals surface area contributed by atoms with E-state index in [0.29, 0.717) is 65.9 Å². The van der Waals surface area contributed by atoms with Gasteiger partial charge in [0.1, 0.15) is 5.75 Å². The Morgan fingerprint density at radius 1 is 1.31 bits per heavy atom. The van der Waals surface area contributed by atoms with Crippen LogP contribution < -0.4 is 10.1 Å². The van der Waals surface area contributed by atoms with Crippen molar-refractivity contribution in [1.82, 2.24) is 14.9 Å². The van der Waals surface area contributed by atoms with Crippen LogP contribution in [0.3, 0.4) is 0 Å². The van der Waals surface area contributed by atoms with Crippen LogP contribution in [0.4, 0.5) is 5.13 Å². The summed E-state index contributed by atoms with van der Waals surface area (Å²) in [5.41, 5.74) is 3.70. The number of methoxy groups -OCH3 is 1. The molecule has 1 N–H and O–H groups in total. The van der Waals surface area contributed by atoms with Gasteiger partial charge in [0, 0.05) is 47.5 Å². The first-order valence-corrected chi connectivity index (χ1v) is 12.5. The maximum Gasteiger partial charge on any atom is 0.259 e. The highest BCUT2D eigenvalue weighted by atomic mass is 32.1. The van der Waals surface area contributed by atoms with Crippen LogP contribution in [0.25, 0.3) is 11.1 Å². The lowest BCUT2D eigenvalue weighted by Crippen LogP contribution is -2.39. The first kappa shape index (κ1) is 23.9. The van der Waals surface area contributed by atoms with Gasteiger partial charge in [-0.2, -0.15) is 5.26 Å². The number of hydrogen-bond donors (Lipinski definition) is 1. The van der Waals surface area contributed by atoms with Gasteiger partial charge in [-0.25, -0.2) is 4.98 Å². The highest BCUT2D eigenvalue weighted by Gasteiger charge is 2.31. The molecule has 9 nitrogen and oxygen atoms in total. The summed E-state index contributed by atoms with van der Waals surface area (Å²) in [5, 5.41) is 12.8. The van der Waals surface area contributed by atoms with Gasteiger partial charge in [-0.15, -0.1) is 0 Å². The van der Waals surface area contributed by atoms with E-state index >= 15 is 0 Å². The van der Waals surface area contributed by atoms with Crippen LogP contribution in [0.1, 0.15) is 38.6 Å². The lowest BCUT2D eigenvalue weighted by atomic mass is 9.97. The van der Waals surface area contributed by atoms with Crippen LogP contribution >= 0.6 is 11.3 Å². The number of fused-ring (bicyclic) bond motifs is 1. The molecule has 5 rings (SSSR count). The molecular formula is C26H25N5O4S. The molecule has 10 heteroatoms. The van der Waals surface area contributed by atoms with Gasteiger partial charge in [0.2, 0.25) is 5.91 Å². The van der Waals surface area contributed by atoms with Gasteiger partial charge in [0.25, 0.3) is 5.91 Å². The van der Waals surface area contributed by atoms with Crippen LogP contribution in [-0.2, 0) is 22.5 Å². The van der Waals surface area contributed by atoms with E-state index in [-0.39, 0.29) is 17.7 Å². The minimum absolute atomic E-state index is 0.0670. The molecule has 0 radical (unpaired) electrons. The fourth-order valence-electron chi connectivity index (χ4n) is 4.54. The van der Waals surface area contributed by atoms with Gasteiger partial charge in [0.05, 0.1) is 49.1 Å². The monoisotopic (exact) mass is 503 g/mol. The van der Waals surface area contributed by atoms with Crippen molar-refractivity contribution < 1.29 is 19.1 Å². The van der Waals surface area contributed by atoms with Crippen molar-refractivity contribution in [2.75, 3.05) is 32.2 Å². The van der Waals surface area contributed by atoms with Crippen LogP contribution in [0.2, 0.25) is 0 Å². The van der Waals surface area contributed by atoms with E-state index in [0.717, 1.165) is 22.7 Å². The van der Waals surface area contributed by atoms with E-state index in [9.17, 15) is 14.9 Å². The molecule has 1 aromatic carbocycles. The number of nitrogens with zero attached hydrogens (tertiary/aromatic N) is 4. The molecular weight excluding hydrogens is 478 g/mol. The number of benzene rings is 1. The number of pyridine rings is 1. The fourth-order valence-corrected chi connectivity index (χ4v) is 5.56. The van der Waals surface area contributed by atoms with E-state index in [1.165, 1.54) is 17.5 Å².